The van der Waals surface area contributed by atoms with Crippen LogP contribution in [0.3, 0.4) is 0 Å². The first kappa shape index (κ1) is 33.5. The van der Waals surface area contributed by atoms with Crippen LogP contribution in [0.5, 0.6) is 11.5 Å². The standard InChI is InChI=1S/C36H48N2O6/c1-38(33-14-6-4-11-29(33)12-8-9-22-40-2)36(39)27-44-35-25-37-21-20-32(35)28-16-18-31(19-17-28)43-24-10-23-42-26-30-13-5-7-15-34(30)41-3/h4-7,11,13-19,32,35,37H,8-10,12,20-27H2,1-3H3. The van der Waals surface area contributed by atoms with Crippen LogP contribution in [0.2, 0.25) is 0 Å². The van der Waals surface area contributed by atoms with Crippen molar-refractivity contribution in [3.63, 3.8) is 0 Å². The Morgan fingerprint density at radius 3 is 2.45 bits per heavy atom. The lowest BCUT2D eigenvalue weighted by Crippen LogP contribution is -2.43. The zero-order chi connectivity index (χ0) is 31.0. The highest BCUT2D eigenvalue weighted by Crippen LogP contribution is 2.30. The molecule has 3 aromatic rings. The molecule has 0 saturated carbocycles. The van der Waals surface area contributed by atoms with Crippen LogP contribution in [0.15, 0.2) is 72.8 Å². The summed E-state index contributed by atoms with van der Waals surface area (Å²) in [4.78, 5) is 14.9. The Labute approximate surface area is 262 Å². The van der Waals surface area contributed by atoms with E-state index in [1.807, 2.05) is 61.6 Å². The molecule has 44 heavy (non-hydrogen) atoms. The molecule has 8 heteroatoms. The molecular formula is C36H48N2O6. The van der Waals surface area contributed by atoms with Gasteiger partial charge in [-0.1, -0.05) is 48.5 Å². The monoisotopic (exact) mass is 604 g/mol. The van der Waals surface area contributed by atoms with E-state index in [2.05, 4.69) is 23.5 Å². The number of likely N-dealkylation sites (N-methyl/N-ethyl adjacent to an activating group) is 1. The number of methoxy groups -OCH3 is 2. The van der Waals surface area contributed by atoms with Gasteiger partial charge in [0.15, 0.2) is 0 Å². The van der Waals surface area contributed by atoms with Crippen LogP contribution >= 0.6 is 0 Å². The van der Waals surface area contributed by atoms with Gasteiger partial charge in [-0.05, 0) is 67.6 Å². The lowest BCUT2D eigenvalue weighted by molar-refractivity contribution is -0.125. The van der Waals surface area contributed by atoms with Crippen molar-refractivity contribution in [2.45, 2.75) is 50.7 Å². The summed E-state index contributed by atoms with van der Waals surface area (Å²) < 4.78 is 28.6. The van der Waals surface area contributed by atoms with Gasteiger partial charge in [-0.25, -0.2) is 0 Å². The predicted octanol–water partition coefficient (Wildman–Crippen LogP) is 5.78. The number of para-hydroxylation sites is 2. The van der Waals surface area contributed by atoms with E-state index in [9.17, 15) is 4.79 Å². The zero-order valence-corrected chi connectivity index (χ0v) is 26.5. The van der Waals surface area contributed by atoms with E-state index in [0.717, 1.165) is 68.0 Å². The van der Waals surface area contributed by atoms with Crippen molar-refractivity contribution in [2.75, 3.05) is 65.7 Å². The zero-order valence-electron chi connectivity index (χ0n) is 26.5. The van der Waals surface area contributed by atoms with Crippen LogP contribution in [0, 0.1) is 0 Å². The molecule has 1 saturated heterocycles. The minimum absolute atomic E-state index is 0.0394. The third-order valence-corrected chi connectivity index (χ3v) is 8.08. The number of hydrogen-bond donors (Lipinski definition) is 1. The summed E-state index contributed by atoms with van der Waals surface area (Å²) in [6, 6.07) is 24.3. The Bertz CT molecular complexity index is 1270. The fourth-order valence-corrected chi connectivity index (χ4v) is 5.57. The van der Waals surface area contributed by atoms with Gasteiger partial charge in [-0.3, -0.25) is 4.79 Å². The molecule has 2 unspecified atom stereocenters. The first-order valence-electron chi connectivity index (χ1n) is 15.7. The predicted molar refractivity (Wildman–Crippen MR) is 174 cm³/mol. The topological polar surface area (TPSA) is 78.5 Å². The Hall–Kier alpha value is -3.43. The van der Waals surface area contributed by atoms with Crippen LogP contribution < -0.4 is 19.7 Å². The highest BCUT2D eigenvalue weighted by Gasteiger charge is 2.28. The maximum absolute atomic E-state index is 13.2. The highest BCUT2D eigenvalue weighted by atomic mass is 16.5. The Balaban J connectivity index is 1.22. The van der Waals surface area contributed by atoms with E-state index in [0.29, 0.717) is 26.4 Å². The number of carbonyl (C=O) groups excluding carboxylic acids is 1. The number of hydrogen-bond acceptors (Lipinski definition) is 7. The number of benzene rings is 3. The molecule has 1 aliphatic heterocycles. The van der Waals surface area contributed by atoms with E-state index in [-0.39, 0.29) is 24.5 Å². The molecule has 1 amide bonds. The van der Waals surface area contributed by atoms with E-state index in [4.69, 9.17) is 23.7 Å². The lowest BCUT2D eigenvalue weighted by Gasteiger charge is -2.33. The minimum atomic E-state index is -0.0856. The average Bonchev–Trinajstić information content (AvgIpc) is 3.07. The third-order valence-electron chi connectivity index (χ3n) is 8.08. The average molecular weight is 605 g/mol. The molecular weight excluding hydrogens is 556 g/mol. The maximum Gasteiger partial charge on any atom is 0.252 e. The van der Waals surface area contributed by atoms with Crippen molar-refractivity contribution in [2.24, 2.45) is 0 Å². The lowest BCUT2D eigenvalue weighted by atomic mass is 9.87. The molecule has 238 valence electrons. The summed E-state index contributed by atoms with van der Waals surface area (Å²) in [7, 11) is 5.23. The molecule has 1 aliphatic rings. The van der Waals surface area contributed by atoms with Crippen molar-refractivity contribution in [3.8, 4) is 11.5 Å². The van der Waals surface area contributed by atoms with Crippen LogP contribution in [-0.2, 0) is 32.0 Å². The molecule has 0 aromatic heterocycles. The Morgan fingerprint density at radius 2 is 1.66 bits per heavy atom. The molecule has 2 atom stereocenters. The quantitative estimate of drug-likeness (QED) is 0.185. The Morgan fingerprint density at radius 1 is 0.886 bits per heavy atom. The second-order valence-corrected chi connectivity index (χ2v) is 11.1. The third kappa shape index (κ3) is 10.1. The molecule has 0 spiro atoms. The first-order valence-corrected chi connectivity index (χ1v) is 15.7. The fourth-order valence-electron chi connectivity index (χ4n) is 5.57. The fraction of sp³-hybridized carbons (Fsp3) is 0.472. The summed E-state index contributed by atoms with van der Waals surface area (Å²) >= 11 is 0. The number of piperidine rings is 1. The van der Waals surface area contributed by atoms with Gasteiger partial charge in [0.05, 0.1) is 33.0 Å². The number of anilines is 1. The second-order valence-electron chi connectivity index (χ2n) is 11.1. The van der Waals surface area contributed by atoms with Gasteiger partial charge in [0.2, 0.25) is 0 Å². The second kappa shape index (κ2) is 18.4. The van der Waals surface area contributed by atoms with Gasteiger partial charge in [-0.2, -0.15) is 0 Å². The van der Waals surface area contributed by atoms with Crippen molar-refractivity contribution >= 4 is 11.6 Å². The van der Waals surface area contributed by atoms with Crippen LogP contribution in [0.4, 0.5) is 5.69 Å². The van der Waals surface area contributed by atoms with Gasteiger partial charge in [0.1, 0.15) is 18.1 Å². The molecule has 0 bridgehead atoms. The van der Waals surface area contributed by atoms with Crippen molar-refractivity contribution in [3.05, 3.63) is 89.5 Å². The summed E-state index contributed by atoms with van der Waals surface area (Å²) in [5, 5.41) is 3.43. The number of nitrogens with one attached hydrogen (secondary N) is 1. The molecule has 1 N–H and O–H groups in total. The summed E-state index contributed by atoms with van der Waals surface area (Å²) in [6.07, 6.45) is 4.57. The number of carbonyl (C=O) groups is 1. The van der Waals surface area contributed by atoms with Gasteiger partial charge in [0.25, 0.3) is 5.91 Å². The van der Waals surface area contributed by atoms with Crippen LogP contribution in [-0.4, -0.2) is 72.8 Å². The van der Waals surface area contributed by atoms with E-state index in [1.54, 1.807) is 19.1 Å². The summed E-state index contributed by atoms with van der Waals surface area (Å²) in [5.41, 5.74) is 4.35. The summed E-state index contributed by atoms with van der Waals surface area (Å²) in [6.45, 7) is 4.13. The van der Waals surface area contributed by atoms with E-state index >= 15 is 0 Å². The Kier molecular flexibility index (Phi) is 14.0. The van der Waals surface area contributed by atoms with Crippen molar-refractivity contribution in [1.29, 1.82) is 0 Å². The molecule has 3 aromatic carbocycles. The molecule has 8 nitrogen and oxygen atoms in total. The van der Waals surface area contributed by atoms with Crippen LogP contribution in [0.25, 0.3) is 0 Å². The first-order chi connectivity index (χ1) is 21.6. The normalized spacial score (nSPS) is 16.4. The number of amides is 1. The minimum Gasteiger partial charge on any atom is -0.496 e. The van der Waals surface area contributed by atoms with Crippen LogP contribution in [0.1, 0.15) is 48.3 Å². The number of nitrogens with zero attached hydrogens (tertiary/aromatic N) is 1. The number of rotatable bonds is 18. The number of ether oxygens (including phenoxy) is 5. The van der Waals surface area contributed by atoms with Gasteiger partial charge < -0.3 is 33.9 Å². The van der Waals surface area contributed by atoms with E-state index < -0.39 is 0 Å². The van der Waals surface area contributed by atoms with Crippen molar-refractivity contribution < 1.29 is 28.5 Å². The molecule has 1 heterocycles. The smallest absolute Gasteiger partial charge is 0.252 e. The molecule has 0 radical (unpaired) electrons. The number of aryl methyl sites for hydroxylation is 1. The highest BCUT2D eigenvalue weighted by molar-refractivity contribution is 5.94. The molecule has 1 fully saturated rings. The number of unbranched alkanes of at least 4 members (excludes halogenated alkanes) is 1. The van der Waals surface area contributed by atoms with Gasteiger partial charge >= 0.3 is 0 Å². The maximum atomic E-state index is 13.2. The SMILES string of the molecule is COCCCCc1ccccc1N(C)C(=O)COC1CNCCC1c1ccc(OCCCOCc2ccccc2OC)cc1. The molecule has 4 rings (SSSR count). The molecule has 0 aliphatic carbocycles. The van der Waals surface area contributed by atoms with E-state index in [1.165, 1.54) is 11.1 Å². The largest absolute Gasteiger partial charge is 0.496 e. The van der Waals surface area contributed by atoms with Gasteiger partial charge in [0, 0.05) is 50.9 Å². The van der Waals surface area contributed by atoms with Crippen molar-refractivity contribution in [1.82, 2.24) is 5.32 Å². The van der Waals surface area contributed by atoms with Gasteiger partial charge in [-0.15, -0.1) is 0 Å². The summed E-state index contributed by atoms with van der Waals surface area (Å²) in [5.74, 6) is 1.84.